The van der Waals surface area contributed by atoms with Gasteiger partial charge < -0.3 is 14.6 Å². The van der Waals surface area contributed by atoms with Crippen molar-refractivity contribution in [2.24, 2.45) is 7.05 Å². The van der Waals surface area contributed by atoms with E-state index < -0.39 is 42.2 Å². The van der Waals surface area contributed by atoms with E-state index in [2.05, 4.69) is 19.8 Å². The molecule has 4 rings (SSSR count). The van der Waals surface area contributed by atoms with E-state index in [9.17, 15) is 13.2 Å². The van der Waals surface area contributed by atoms with Gasteiger partial charge in [0.15, 0.2) is 5.52 Å². The molecule has 3 aromatic rings. The zero-order valence-corrected chi connectivity index (χ0v) is 21.1. The molecule has 1 unspecified atom stereocenters. The van der Waals surface area contributed by atoms with E-state index in [0.29, 0.717) is 32.2 Å². The number of benzene rings is 1. The predicted molar refractivity (Wildman–Crippen MR) is 140 cm³/mol. The molecule has 10 nitrogen and oxygen atoms in total. The lowest BCUT2D eigenvalue weighted by atomic mass is 10.1. The summed E-state index contributed by atoms with van der Waals surface area (Å²) < 4.78 is 98.7. The van der Waals surface area contributed by atoms with Crippen molar-refractivity contribution >= 4 is 21.1 Å². The number of hydrogen-bond donors (Lipinski definition) is 2. The molecule has 1 atom stereocenters. The second-order valence-electron chi connectivity index (χ2n) is 8.62. The Morgan fingerprint density at radius 3 is 3.00 bits per heavy atom. The van der Waals surface area contributed by atoms with Crippen LogP contribution in [0, 0.1) is 0 Å². The van der Waals surface area contributed by atoms with E-state index in [1.807, 2.05) is 6.92 Å². The maximum Gasteiger partial charge on any atom is 0.277 e. The van der Waals surface area contributed by atoms with E-state index >= 15 is 0 Å². The molecule has 36 heavy (non-hydrogen) atoms. The summed E-state index contributed by atoms with van der Waals surface area (Å²) in [5, 5.41) is 4.09. The molecule has 1 aromatic carbocycles. The number of likely N-dealkylation sites (tertiary alicyclic amines) is 1. The van der Waals surface area contributed by atoms with E-state index in [0.717, 1.165) is 4.68 Å². The molecule has 0 radical (unpaired) electrons. The summed E-state index contributed by atoms with van der Waals surface area (Å²) in [5.74, 6) is 0.0902. The SMILES string of the molecule is [2H]C([2H])([2H])CC([2H])([2H])c1nn(C)c2c(=O)[nH]c(-c3cc(S(=O)(=O)NCCC4CCCN4C([2H])([2H])[2H])ccc3OCCC)nc12. The Morgan fingerprint density at radius 2 is 2.22 bits per heavy atom. The number of aromatic nitrogens is 4. The topological polar surface area (TPSA) is 122 Å². The summed E-state index contributed by atoms with van der Waals surface area (Å²) in [6.45, 7) is -2.32. The highest BCUT2D eigenvalue weighted by Crippen LogP contribution is 2.31. The van der Waals surface area contributed by atoms with Gasteiger partial charge in [0.25, 0.3) is 5.56 Å². The fourth-order valence-corrected chi connectivity index (χ4v) is 5.36. The summed E-state index contributed by atoms with van der Waals surface area (Å²) in [7, 11) is -2.69. The van der Waals surface area contributed by atoms with Crippen molar-refractivity contribution in [3.8, 4) is 17.1 Å². The maximum atomic E-state index is 13.3. The Kier molecular flexibility index (Phi) is 5.44. The standard InChI is InChI=1S/C25H36N6O4S/c1-5-8-20-22-23(31(4)29-20)25(32)28-24(27-22)19-16-18(10-11-21(19)35-15-6-2)36(33,34)26-13-12-17-9-7-14-30(17)3/h10-11,16-17,26H,5-9,12-15H2,1-4H3,(H,27,28,32)/i1D3,3D3,8D2. The number of aromatic amines is 1. The van der Waals surface area contributed by atoms with Crippen LogP contribution in [-0.2, 0) is 23.4 Å². The van der Waals surface area contributed by atoms with Crippen LogP contribution in [0.4, 0.5) is 0 Å². The number of nitrogens with one attached hydrogen (secondary N) is 2. The maximum absolute atomic E-state index is 13.3. The van der Waals surface area contributed by atoms with Gasteiger partial charge in [-0.25, -0.2) is 18.1 Å². The number of fused-ring (bicyclic) bond motifs is 1. The molecule has 0 saturated carbocycles. The minimum absolute atomic E-state index is 0.00165. The van der Waals surface area contributed by atoms with Crippen LogP contribution in [0.25, 0.3) is 22.4 Å². The summed E-state index contributed by atoms with van der Waals surface area (Å²) in [4.78, 5) is 21.5. The molecular weight excluding hydrogens is 480 g/mol. The first-order chi connectivity index (χ1) is 20.3. The lowest BCUT2D eigenvalue weighted by Crippen LogP contribution is -2.31. The number of ether oxygens (including phenoxy) is 1. The third-order valence-electron chi connectivity index (χ3n) is 6.07. The average molecular weight is 525 g/mol. The Balaban J connectivity index is 1.72. The molecule has 0 amide bonds. The van der Waals surface area contributed by atoms with E-state index in [4.69, 9.17) is 15.7 Å². The van der Waals surface area contributed by atoms with Crippen LogP contribution >= 0.6 is 0 Å². The van der Waals surface area contributed by atoms with Gasteiger partial charge in [-0.15, -0.1) is 0 Å². The number of rotatable bonds is 11. The van der Waals surface area contributed by atoms with Gasteiger partial charge in [-0.3, -0.25) is 9.48 Å². The van der Waals surface area contributed by atoms with Gasteiger partial charge in [0.05, 0.1) is 22.8 Å². The lowest BCUT2D eigenvalue weighted by Gasteiger charge is -2.19. The molecule has 1 fully saturated rings. The number of sulfonamides is 1. The normalized spacial score (nSPS) is 21.1. The van der Waals surface area contributed by atoms with Crippen LogP contribution < -0.4 is 15.0 Å². The van der Waals surface area contributed by atoms with Crippen molar-refractivity contribution in [3.63, 3.8) is 0 Å². The third kappa shape index (κ3) is 5.47. The van der Waals surface area contributed by atoms with Crippen LogP contribution in [0.2, 0.25) is 0 Å². The van der Waals surface area contributed by atoms with Gasteiger partial charge in [-0.05, 0) is 63.8 Å². The summed E-state index contributed by atoms with van der Waals surface area (Å²) in [5.41, 5.74) is -1.17. The fraction of sp³-hybridized carbons (Fsp3) is 0.560. The van der Waals surface area contributed by atoms with Crippen LogP contribution in [-0.4, -0.2) is 65.8 Å². The minimum atomic E-state index is -4.10. The van der Waals surface area contributed by atoms with E-state index in [1.165, 1.54) is 30.1 Å². The zero-order valence-electron chi connectivity index (χ0n) is 28.3. The number of H-pyrrole nitrogens is 1. The van der Waals surface area contributed by atoms with E-state index in [-0.39, 0.29) is 58.0 Å². The Labute approximate surface area is 223 Å². The highest BCUT2D eigenvalue weighted by Gasteiger charge is 2.23. The van der Waals surface area contributed by atoms with Gasteiger partial charge in [-0.1, -0.05) is 20.2 Å². The molecule has 11 heteroatoms. The Bertz CT molecular complexity index is 1670. The monoisotopic (exact) mass is 524 g/mol. The molecule has 1 aliphatic heterocycles. The van der Waals surface area contributed by atoms with Gasteiger partial charge in [0.2, 0.25) is 10.0 Å². The second-order valence-corrected chi connectivity index (χ2v) is 10.4. The average Bonchev–Trinajstić information content (AvgIpc) is 3.51. The molecule has 0 bridgehead atoms. The molecule has 2 aromatic heterocycles. The fourth-order valence-electron chi connectivity index (χ4n) is 4.29. The lowest BCUT2D eigenvalue weighted by molar-refractivity contribution is 0.297. The summed E-state index contributed by atoms with van der Waals surface area (Å²) in [6, 6.07) is 3.75. The number of aryl methyl sites for hydroxylation is 2. The van der Waals surface area contributed by atoms with Gasteiger partial charge in [0, 0.05) is 30.6 Å². The number of hydrogen-bond acceptors (Lipinski definition) is 7. The minimum Gasteiger partial charge on any atom is -0.493 e. The highest BCUT2D eigenvalue weighted by atomic mass is 32.2. The zero-order chi connectivity index (χ0) is 32.7. The Morgan fingerprint density at radius 1 is 1.36 bits per heavy atom. The number of nitrogens with zero attached hydrogens (tertiary/aromatic N) is 4. The molecule has 0 spiro atoms. The van der Waals surface area contributed by atoms with Crippen molar-refractivity contribution in [2.75, 3.05) is 26.7 Å². The van der Waals surface area contributed by atoms with E-state index in [1.54, 1.807) is 0 Å². The largest absolute Gasteiger partial charge is 0.493 e. The van der Waals surface area contributed by atoms with Crippen molar-refractivity contribution in [2.45, 2.75) is 63.2 Å². The first kappa shape index (κ1) is 17.7. The molecule has 0 aliphatic carbocycles. The molecule has 2 N–H and O–H groups in total. The molecule has 1 saturated heterocycles. The molecule has 3 heterocycles. The first-order valence-corrected chi connectivity index (χ1v) is 13.3. The molecule has 196 valence electrons. The van der Waals surface area contributed by atoms with Gasteiger partial charge in [0.1, 0.15) is 17.1 Å². The first-order valence-electron chi connectivity index (χ1n) is 15.9. The van der Waals surface area contributed by atoms with Crippen molar-refractivity contribution < 1.29 is 24.1 Å². The highest BCUT2D eigenvalue weighted by molar-refractivity contribution is 7.89. The van der Waals surface area contributed by atoms with Gasteiger partial charge in [-0.2, -0.15) is 5.10 Å². The molecular formula is C25H36N6O4S. The van der Waals surface area contributed by atoms with Gasteiger partial charge >= 0.3 is 0 Å². The van der Waals surface area contributed by atoms with Crippen molar-refractivity contribution in [3.05, 3.63) is 34.2 Å². The quantitative estimate of drug-likeness (QED) is 0.395. The van der Waals surface area contributed by atoms with Crippen molar-refractivity contribution in [1.29, 1.82) is 0 Å². The summed E-state index contributed by atoms with van der Waals surface area (Å²) >= 11 is 0. The Hall–Kier alpha value is -2.76. The predicted octanol–water partition coefficient (Wildman–Crippen LogP) is 2.83. The molecule has 1 aliphatic rings. The van der Waals surface area contributed by atoms with Crippen LogP contribution in [0.3, 0.4) is 0 Å². The smallest absolute Gasteiger partial charge is 0.277 e. The second kappa shape index (κ2) is 11.1. The van der Waals surface area contributed by atoms with Crippen molar-refractivity contribution in [1.82, 2.24) is 29.4 Å². The van der Waals surface area contributed by atoms with Crippen LogP contribution in [0.5, 0.6) is 5.75 Å². The van der Waals surface area contributed by atoms with Crippen LogP contribution in [0.15, 0.2) is 27.9 Å². The third-order valence-corrected chi connectivity index (χ3v) is 7.53. The van der Waals surface area contributed by atoms with Crippen LogP contribution in [0.1, 0.15) is 62.5 Å². The summed E-state index contributed by atoms with van der Waals surface area (Å²) in [6.07, 6.45) is -1.05.